The molecule has 5 rings (SSSR count). The third-order valence-electron chi connectivity index (χ3n) is 6.93. The summed E-state index contributed by atoms with van der Waals surface area (Å²) in [5.74, 6) is -3.08. The lowest BCUT2D eigenvalue weighted by atomic mass is 9.79. The summed E-state index contributed by atoms with van der Waals surface area (Å²) in [5, 5.41) is 25.6. The van der Waals surface area contributed by atoms with E-state index in [1.54, 1.807) is 13.0 Å². The number of benzene rings is 1. The van der Waals surface area contributed by atoms with Gasteiger partial charge in [-0.15, -0.1) is 5.10 Å². The largest absolute Gasteiger partial charge is 0.526 e. The van der Waals surface area contributed by atoms with Gasteiger partial charge < -0.3 is 33.2 Å². The van der Waals surface area contributed by atoms with E-state index >= 15 is 0 Å². The Bertz CT molecular complexity index is 1390. The molecule has 0 bridgehead atoms. The number of esters is 2. The number of alkyl halides is 3. The topological polar surface area (TPSA) is 155 Å². The predicted octanol–water partition coefficient (Wildman–Crippen LogP) is 2.34. The Kier molecular flexibility index (Phi) is 10.8. The minimum absolute atomic E-state index is 0.00792. The molecule has 0 aliphatic carbocycles. The summed E-state index contributed by atoms with van der Waals surface area (Å²) < 4.78 is 61.6. The van der Waals surface area contributed by atoms with Crippen molar-refractivity contribution in [3.05, 3.63) is 36.1 Å². The number of carbonyl (C=O) groups excluding carboxylic acids is 2. The number of halogens is 3. The smallest absolute Gasteiger partial charge is 0.470 e. The van der Waals surface area contributed by atoms with Crippen LogP contribution < -0.4 is 11.1 Å². The second-order valence-corrected chi connectivity index (χ2v) is 10.9. The molecule has 4 heterocycles. The van der Waals surface area contributed by atoms with Crippen molar-refractivity contribution in [3.8, 4) is 0 Å². The molecule has 3 aromatic rings. The van der Waals surface area contributed by atoms with Gasteiger partial charge in [0.2, 0.25) is 0 Å². The first-order valence-corrected chi connectivity index (χ1v) is 13.5. The van der Waals surface area contributed by atoms with Crippen molar-refractivity contribution < 1.29 is 56.0 Å². The van der Waals surface area contributed by atoms with Gasteiger partial charge in [-0.3, -0.25) is 4.79 Å². The van der Waals surface area contributed by atoms with Gasteiger partial charge in [-0.2, -0.15) is 13.2 Å². The number of hydrogen-bond donors (Lipinski definition) is 2. The number of aromatic nitrogens is 3. The Morgan fingerprint density at radius 1 is 1.09 bits per heavy atom. The molecule has 1 atom stereocenters. The van der Waals surface area contributed by atoms with Crippen LogP contribution in [0.25, 0.3) is 11.0 Å². The monoisotopic (exact) mass is 611 g/mol. The molecule has 0 amide bonds. The van der Waals surface area contributed by atoms with Gasteiger partial charge in [0.05, 0.1) is 22.5 Å². The number of rotatable bonds is 3. The molecule has 17 heteroatoms. The summed E-state index contributed by atoms with van der Waals surface area (Å²) in [7, 11) is -1.87. The van der Waals surface area contributed by atoms with Gasteiger partial charge in [-0.05, 0) is 83.6 Å². The molecule has 0 radical (unpaired) electrons. The molecule has 1 aromatic carbocycles. The quantitative estimate of drug-likeness (QED) is 0.255. The van der Waals surface area contributed by atoms with Crippen LogP contribution in [0.1, 0.15) is 65.9 Å². The van der Waals surface area contributed by atoms with Gasteiger partial charge in [0.1, 0.15) is 11.2 Å². The summed E-state index contributed by atoms with van der Waals surface area (Å²) >= 11 is 0. The van der Waals surface area contributed by atoms with Crippen molar-refractivity contribution in [2.75, 3.05) is 6.61 Å². The zero-order chi connectivity index (χ0) is 32.2. The zero-order valence-corrected chi connectivity index (χ0v) is 24.7. The van der Waals surface area contributed by atoms with Crippen LogP contribution in [0.15, 0.2) is 34.7 Å². The maximum absolute atomic E-state index is 11.2. The lowest BCUT2D eigenvalue weighted by molar-refractivity contribution is -0.201. The molecular formula is C26H34B2F3N3O9. The Morgan fingerprint density at radius 3 is 2.19 bits per heavy atom. The van der Waals surface area contributed by atoms with Gasteiger partial charge in [-0.25, -0.2) is 9.48 Å². The van der Waals surface area contributed by atoms with Crippen molar-refractivity contribution >= 4 is 48.3 Å². The van der Waals surface area contributed by atoms with Crippen LogP contribution in [0, 0.1) is 6.92 Å². The lowest BCUT2D eigenvalue weighted by Gasteiger charge is -2.32. The number of nitrogens with zero attached hydrogens (tertiary/aromatic N) is 3. The summed E-state index contributed by atoms with van der Waals surface area (Å²) in [4.78, 5) is 19.5. The molecule has 2 aromatic heterocycles. The molecule has 2 fully saturated rings. The number of fused-ring (bicyclic) bond motifs is 1. The van der Waals surface area contributed by atoms with Crippen molar-refractivity contribution in [2.45, 2.75) is 84.4 Å². The first kappa shape index (κ1) is 34.3. The SMILES string of the molecule is CC(=O)OC(=O)C(F)(F)F.CC1(C)OB(c2ccc3c(c2)nnn3C2CCCCO2)OC1(C)C.Cc1ccc(B(O)O)o1. The van der Waals surface area contributed by atoms with Crippen LogP contribution in [0.4, 0.5) is 13.2 Å². The third kappa shape index (κ3) is 8.89. The molecule has 43 heavy (non-hydrogen) atoms. The highest BCUT2D eigenvalue weighted by molar-refractivity contribution is 6.62. The molecule has 0 saturated carbocycles. The number of aryl methyl sites for hydroxylation is 1. The van der Waals surface area contributed by atoms with Crippen molar-refractivity contribution in [1.82, 2.24) is 15.0 Å². The number of furan rings is 1. The molecular weight excluding hydrogens is 577 g/mol. The third-order valence-corrected chi connectivity index (χ3v) is 6.93. The van der Waals surface area contributed by atoms with E-state index < -0.39 is 25.2 Å². The Labute approximate surface area is 246 Å². The van der Waals surface area contributed by atoms with Gasteiger partial charge in [0, 0.05) is 13.5 Å². The molecule has 0 spiro atoms. The summed E-state index contributed by atoms with van der Waals surface area (Å²) in [5.41, 5.74) is 2.30. The summed E-state index contributed by atoms with van der Waals surface area (Å²) in [6.45, 7) is 11.5. The molecule has 2 aliphatic rings. The Morgan fingerprint density at radius 2 is 1.74 bits per heavy atom. The fourth-order valence-electron chi connectivity index (χ4n) is 3.99. The fraction of sp³-hybridized carbons (Fsp3) is 0.538. The van der Waals surface area contributed by atoms with Gasteiger partial charge in [-0.1, -0.05) is 11.3 Å². The Hall–Kier alpha value is -3.24. The number of hydrogen-bond acceptors (Lipinski definition) is 11. The number of ether oxygens (including phenoxy) is 2. The second kappa shape index (κ2) is 13.6. The van der Waals surface area contributed by atoms with Crippen molar-refractivity contribution in [2.24, 2.45) is 0 Å². The van der Waals surface area contributed by atoms with Gasteiger partial charge in [0.15, 0.2) is 6.23 Å². The fourth-order valence-corrected chi connectivity index (χ4v) is 3.99. The predicted molar refractivity (Wildman–Crippen MR) is 148 cm³/mol. The highest BCUT2D eigenvalue weighted by Gasteiger charge is 2.51. The maximum atomic E-state index is 11.2. The van der Waals surface area contributed by atoms with Crippen molar-refractivity contribution in [3.63, 3.8) is 0 Å². The first-order chi connectivity index (χ1) is 19.9. The van der Waals surface area contributed by atoms with Crippen LogP contribution in [0.5, 0.6) is 0 Å². The van der Waals surface area contributed by atoms with Crippen LogP contribution >= 0.6 is 0 Å². The summed E-state index contributed by atoms with van der Waals surface area (Å²) in [6.07, 6.45) is -1.83. The van der Waals surface area contributed by atoms with E-state index in [0.717, 1.165) is 42.4 Å². The van der Waals surface area contributed by atoms with Gasteiger partial charge in [0.25, 0.3) is 0 Å². The maximum Gasteiger partial charge on any atom is 0.526 e. The van der Waals surface area contributed by atoms with E-state index in [2.05, 4.69) is 42.7 Å². The normalized spacial score (nSPS) is 19.1. The first-order valence-electron chi connectivity index (χ1n) is 13.5. The van der Waals surface area contributed by atoms with Crippen LogP contribution in [-0.2, 0) is 28.4 Å². The van der Waals surface area contributed by atoms with E-state index in [4.69, 9.17) is 28.5 Å². The van der Waals surface area contributed by atoms with E-state index in [0.29, 0.717) is 12.7 Å². The van der Waals surface area contributed by atoms with E-state index in [-0.39, 0.29) is 30.2 Å². The highest BCUT2D eigenvalue weighted by atomic mass is 19.4. The average Bonchev–Trinajstić information content (AvgIpc) is 3.59. The van der Waals surface area contributed by atoms with Gasteiger partial charge >= 0.3 is 32.4 Å². The second-order valence-electron chi connectivity index (χ2n) is 10.9. The van der Waals surface area contributed by atoms with Crippen molar-refractivity contribution in [1.29, 1.82) is 0 Å². The van der Waals surface area contributed by atoms with E-state index in [9.17, 15) is 22.8 Å². The van der Waals surface area contributed by atoms with E-state index in [1.807, 2.05) is 22.9 Å². The van der Waals surface area contributed by atoms with Crippen LogP contribution in [0.2, 0.25) is 0 Å². The Balaban J connectivity index is 0.000000220. The van der Waals surface area contributed by atoms with Crippen LogP contribution in [0.3, 0.4) is 0 Å². The minimum atomic E-state index is -5.09. The van der Waals surface area contributed by atoms with E-state index in [1.165, 1.54) is 6.07 Å². The molecule has 1 unspecified atom stereocenters. The van der Waals surface area contributed by atoms with Crippen LogP contribution in [-0.4, -0.2) is 75.2 Å². The summed E-state index contributed by atoms with van der Waals surface area (Å²) in [6, 6.07) is 9.28. The molecule has 234 valence electrons. The standard InChI is InChI=1S/C17H24BN3O3.C5H7BO3.C4H3F3O3/c1-16(2)17(3,4)24-18(23-16)12-8-9-14-13(11-12)19-20-21(14)15-7-5-6-10-22-15;1-4-2-3-5(9-4)6(7)8;1-2(8)10-3(9)4(5,6)7/h8-9,11,15H,5-7,10H2,1-4H3;2-3,7-8H,1H3;1H3. The lowest BCUT2D eigenvalue weighted by Crippen LogP contribution is -2.41. The molecule has 2 N–H and O–H groups in total. The molecule has 2 aliphatic heterocycles. The average molecular weight is 611 g/mol. The highest BCUT2D eigenvalue weighted by Crippen LogP contribution is 2.36. The zero-order valence-electron chi connectivity index (χ0n) is 24.7. The number of carbonyl (C=O) groups is 2. The molecule has 2 saturated heterocycles. The molecule has 12 nitrogen and oxygen atoms in total. The minimum Gasteiger partial charge on any atom is -0.470 e.